The highest BCUT2D eigenvalue weighted by molar-refractivity contribution is 9.10. The normalized spacial score (nSPS) is 11.0. The van der Waals surface area contributed by atoms with Gasteiger partial charge in [-0.1, -0.05) is 15.9 Å². The minimum atomic E-state index is -0.201. The van der Waals surface area contributed by atoms with Gasteiger partial charge in [0.1, 0.15) is 5.82 Å². The number of nitrogens with one attached hydrogen (secondary N) is 1. The van der Waals surface area contributed by atoms with Gasteiger partial charge in [-0.2, -0.15) is 5.10 Å². The molecule has 0 bridgehead atoms. The molecule has 3 nitrogen and oxygen atoms in total. The highest BCUT2D eigenvalue weighted by Crippen LogP contribution is 2.17. The number of rotatable bonds is 6. The highest BCUT2D eigenvalue weighted by atomic mass is 79.9. The molecule has 2 aromatic rings. The third kappa shape index (κ3) is 4.15. The Balaban J connectivity index is 1.74. The fourth-order valence-electron chi connectivity index (χ4n) is 2.16. The highest BCUT2D eigenvalue weighted by Gasteiger charge is 2.02. The monoisotopic (exact) mass is 339 g/mol. The molecule has 0 aliphatic heterocycles. The molecule has 1 heterocycles. The van der Waals surface area contributed by atoms with Gasteiger partial charge in [-0.05, 0) is 56.6 Å². The first-order valence-electron chi connectivity index (χ1n) is 6.72. The molecule has 0 fully saturated rings. The van der Waals surface area contributed by atoms with Crippen molar-refractivity contribution in [2.24, 2.45) is 0 Å². The molecule has 1 aromatic carbocycles. The van der Waals surface area contributed by atoms with E-state index in [0.29, 0.717) is 6.54 Å². The second-order valence-electron chi connectivity index (χ2n) is 4.92. The van der Waals surface area contributed by atoms with Crippen LogP contribution in [0.25, 0.3) is 0 Å². The molecule has 1 N–H and O–H groups in total. The predicted octanol–water partition coefficient (Wildman–Crippen LogP) is 3.58. The van der Waals surface area contributed by atoms with E-state index in [0.717, 1.165) is 35.2 Å². The molecule has 0 aliphatic carbocycles. The van der Waals surface area contributed by atoms with Crippen LogP contribution in [0.4, 0.5) is 4.39 Å². The Morgan fingerprint density at radius 1 is 1.30 bits per heavy atom. The van der Waals surface area contributed by atoms with Gasteiger partial charge < -0.3 is 5.32 Å². The van der Waals surface area contributed by atoms with Crippen LogP contribution in [0, 0.1) is 19.7 Å². The zero-order valence-electron chi connectivity index (χ0n) is 11.8. The van der Waals surface area contributed by atoms with Crippen molar-refractivity contribution in [3.8, 4) is 0 Å². The first-order valence-corrected chi connectivity index (χ1v) is 7.51. The number of hydrogen-bond acceptors (Lipinski definition) is 2. The molecule has 20 heavy (non-hydrogen) atoms. The fourth-order valence-corrected chi connectivity index (χ4v) is 2.54. The third-order valence-corrected chi connectivity index (χ3v) is 3.92. The largest absolute Gasteiger partial charge is 0.313 e. The van der Waals surface area contributed by atoms with Gasteiger partial charge in [0.2, 0.25) is 0 Å². The van der Waals surface area contributed by atoms with E-state index in [-0.39, 0.29) is 5.82 Å². The van der Waals surface area contributed by atoms with E-state index in [9.17, 15) is 4.39 Å². The van der Waals surface area contributed by atoms with Crippen LogP contribution in [0.5, 0.6) is 0 Å². The Hall–Kier alpha value is -1.20. The quantitative estimate of drug-likeness (QED) is 0.815. The molecule has 0 aliphatic rings. The molecule has 0 radical (unpaired) electrons. The number of benzene rings is 1. The standard InChI is InChI=1S/C15H19BrFN3/c1-11-8-12(2)20(19-11)7-3-6-18-10-13-9-14(17)4-5-15(13)16/h4-5,8-9,18H,3,6-7,10H2,1-2H3. The van der Waals surface area contributed by atoms with Gasteiger partial charge in [0.15, 0.2) is 0 Å². The van der Waals surface area contributed by atoms with Crippen molar-refractivity contribution in [3.05, 3.63) is 51.5 Å². The van der Waals surface area contributed by atoms with Crippen LogP contribution in [0.2, 0.25) is 0 Å². The van der Waals surface area contributed by atoms with Crippen molar-refractivity contribution in [2.45, 2.75) is 33.4 Å². The van der Waals surface area contributed by atoms with Crippen molar-refractivity contribution >= 4 is 15.9 Å². The molecule has 0 spiro atoms. The summed E-state index contributed by atoms with van der Waals surface area (Å²) in [6.45, 7) is 6.51. The van der Waals surface area contributed by atoms with Crippen molar-refractivity contribution in [3.63, 3.8) is 0 Å². The number of aromatic nitrogens is 2. The number of nitrogens with zero attached hydrogens (tertiary/aromatic N) is 2. The van der Waals surface area contributed by atoms with Crippen molar-refractivity contribution in [2.75, 3.05) is 6.54 Å². The Morgan fingerprint density at radius 3 is 2.80 bits per heavy atom. The number of halogens is 2. The summed E-state index contributed by atoms with van der Waals surface area (Å²) in [5, 5.41) is 7.75. The van der Waals surface area contributed by atoms with Crippen molar-refractivity contribution < 1.29 is 4.39 Å². The smallest absolute Gasteiger partial charge is 0.123 e. The lowest BCUT2D eigenvalue weighted by Gasteiger charge is -2.08. The Labute approximate surface area is 127 Å². The average molecular weight is 340 g/mol. The van der Waals surface area contributed by atoms with E-state index in [2.05, 4.69) is 39.3 Å². The molecule has 0 saturated carbocycles. The van der Waals surface area contributed by atoms with E-state index < -0.39 is 0 Å². The second-order valence-corrected chi connectivity index (χ2v) is 5.77. The van der Waals surface area contributed by atoms with Crippen LogP contribution in [0.15, 0.2) is 28.7 Å². The topological polar surface area (TPSA) is 29.9 Å². The summed E-state index contributed by atoms with van der Waals surface area (Å²) < 4.78 is 16.1. The van der Waals surface area contributed by atoms with Crippen LogP contribution >= 0.6 is 15.9 Å². The first-order chi connectivity index (χ1) is 9.56. The maximum Gasteiger partial charge on any atom is 0.123 e. The number of aryl methyl sites for hydroxylation is 3. The lowest BCUT2D eigenvalue weighted by atomic mass is 10.2. The maximum atomic E-state index is 13.1. The maximum absolute atomic E-state index is 13.1. The first kappa shape index (κ1) is 15.2. The Kier molecular flexibility index (Phi) is 5.31. The Bertz CT molecular complexity index is 580. The molecule has 0 atom stereocenters. The van der Waals surface area contributed by atoms with Crippen LogP contribution < -0.4 is 5.32 Å². The minimum Gasteiger partial charge on any atom is -0.313 e. The second kappa shape index (κ2) is 6.99. The molecular formula is C15H19BrFN3. The van der Waals surface area contributed by atoms with Crippen LogP contribution in [0.3, 0.4) is 0 Å². The van der Waals surface area contributed by atoms with E-state index in [1.165, 1.54) is 11.8 Å². The van der Waals surface area contributed by atoms with Crippen LogP contribution in [0.1, 0.15) is 23.4 Å². The zero-order valence-corrected chi connectivity index (χ0v) is 13.4. The molecule has 0 unspecified atom stereocenters. The molecule has 0 amide bonds. The van der Waals surface area contributed by atoms with E-state index >= 15 is 0 Å². The predicted molar refractivity (Wildman–Crippen MR) is 82.1 cm³/mol. The zero-order chi connectivity index (χ0) is 14.5. The third-order valence-electron chi connectivity index (χ3n) is 3.15. The molecular weight excluding hydrogens is 321 g/mol. The summed E-state index contributed by atoms with van der Waals surface area (Å²) in [6, 6.07) is 6.83. The summed E-state index contributed by atoms with van der Waals surface area (Å²) in [4.78, 5) is 0. The summed E-state index contributed by atoms with van der Waals surface area (Å²) in [5.41, 5.74) is 3.19. The molecule has 5 heteroatoms. The van der Waals surface area contributed by atoms with E-state index in [1.807, 2.05) is 11.6 Å². The SMILES string of the molecule is Cc1cc(C)n(CCCNCc2cc(F)ccc2Br)n1. The van der Waals surface area contributed by atoms with Gasteiger partial charge in [-0.3, -0.25) is 4.68 Å². The lowest BCUT2D eigenvalue weighted by molar-refractivity contribution is 0.531. The summed E-state index contributed by atoms with van der Waals surface area (Å²) in [7, 11) is 0. The van der Waals surface area contributed by atoms with Gasteiger partial charge >= 0.3 is 0 Å². The molecule has 2 rings (SSSR count). The minimum absolute atomic E-state index is 0.201. The van der Waals surface area contributed by atoms with Gasteiger partial charge in [0.05, 0.1) is 5.69 Å². The molecule has 0 saturated heterocycles. The average Bonchev–Trinajstić information content (AvgIpc) is 2.71. The van der Waals surface area contributed by atoms with Crippen LogP contribution in [-0.2, 0) is 13.1 Å². The summed E-state index contributed by atoms with van der Waals surface area (Å²) in [5.74, 6) is -0.201. The van der Waals surface area contributed by atoms with Gasteiger partial charge in [-0.25, -0.2) is 4.39 Å². The van der Waals surface area contributed by atoms with Gasteiger partial charge in [0.25, 0.3) is 0 Å². The fraction of sp³-hybridized carbons (Fsp3) is 0.400. The van der Waals surface area contributed by atoms with Crippen molar-refractivity contribution in [1.29, 1.82) is 0 Å². The lowest BCUT2D eigenvalue weighted by Crippen LogP contribution is -2.17. The number of hydrogen-bond donors (Lipinski definition) is 1. The van der Waals surface area contributed by atoms with Crippen molar-refractivity contribution in [1.82, 2.24) is 15.1 Å². The summed E-state index contributed by atoms with van der Waals surface area (Å²) in [6.07, 6.45) is 0.995. The van der Waals surface area contributed by atoms with Gasteiger partial charge in [-0.15, -0.1) is 0 Å². The molecule has 108 valence electrons. The van der Waals surface area contributed by atoms with E-state index in [4.69, 9.17) is 0 Å². The summed E-state index contributed by atoms with van der Waals surface area (Å²) >= 11 is 3.43. The van der Waals surface area contributed by atoms with Gasteiger partial charge in [0, 0.05) is 23.3 Å². The Morgan fingerprint density at radius 2 is 2.10 bits per heavy atom. The van der Waals surface area contributed by atoms with E-state index in [1.54, 1.807) is 12.1 Å². The molecule has 1 aromatic heterocycles. The van der Waals surface area contributed by atoms with Crippen LogP contribution in [-0.4, -0.2) is 16.3 Å².